The van der Waals surface area contributed by atoms with Gasteiger partial charge in [-0.1, -0.05) is 0 Å². The van der Waals surface area contributed by atoms with Gasteiger partial charge in [-0.2, -0.15) is 0 Å². The minimum atomic E-state index is -1.55. The largest absolute Gasteiger partial charge is 1.00 e. The zero-order valence-corrected chi connectivity index (χ0v) is 7.84. The van der Waals surface area contributed by atoms with Crippen LogP contribution in [0.5, 0.6) is 0 Å². The Bertz CT molecular complexity index is 118. The molecule has 0 radical (unpaired) electrons. The van der Waals surface area contributed by atoms with Gasteiger partial charge in [-0.05, 0) is 0 Å². The van der Waals surface area contributed by atoms with E-state index in [9.17, 15) is 3.83 Å². The molecule has 1 rings (SSSR count). The fourth-order valence-corrected chi connectivity index (χ4v) is 1.51. The molecule has 0 fully saturated rings. The summed E-state index contributed by atoms with van der Waals surface area (Å²) < 4.78 is 10.3. The smallest absolute Gasteiger partial charge is 1.00 e. The van der Waals surface area contributed by atoms with Crippen LogP contribution < -0.4 is 29.6 Å². The average molecular weight is 171 g/mol. The summed E-state index contributed by atoms with van der Waals surface area (Å²) in [6, 6.07) is 0. The maximum atomic E-state index is 10.3. The van der Waals surface area contributed by atoms with E-state index in [0.29, 0.717) is 0 Å². The monoisotopic (exact) mass is 172 g/mol. The van der Waals surface area contributed by atoms with E-state index in [4.69, 9.17) is 0 Å². The quantitative estimate of drug-likeness (QED) is 0.375. The molecule has 1 aliphatic rings. The molecule has 0 bridgehead atoms. The molecule has 0 spiro atoms. The third kappa shape index (κ3) is 2.57. The standard InChI is InChI=1S/C4H4OSe.Na.H/c5-6-3-1-2-4-6;;/h1-4H;;/q;+1;-1. The summed E-state index contributed by atoms with van der Waals surface area (Å²) in [5.41, 5.74) is 0. The van der Waals surface area contributed by atoms with Crippen LogP contribution >= 0.6 is 0 Å². The molecular weight excluding hydrogens is 166 g/mol. The minimum absolute atomic E-state index is 0. The molecule has 3 heteroatoms. The second-order valence-corrected chi connectivity index (χ2v) is 3.51. The first-order valence-electron chi connectivity index (χ1n) is 1.64. The van der Waals surface area contributed by atoms with Gasteiger partial charge < -0.3 is 1.43 Å². The van der Waals surface area contributed by atoms with Gasteiger partial charge in [-0.3, -0.25) is 0 Å². The molecule has 0 aromatic heterocycles. The van der Waals surface area contributed by atoms with E-state index in [2.05, 4.69) is 0 Å². The molecule has 0 saturated heterocycles. The summed E-state index contributed by atoms with van der Waals surface area (Å²) in [4.78, 5) is 3.47. The van der Waals surface area contributed by atoms with E-state index < -0.39 is 13.8 Å². The van der Waals surface area contributed by atoms with E-state index in [1.807, 2.05) is 12.2 Å². The molecule has 0 atom stereocenters. The fourth-order valence-electron chi connectivity index (χ4n) is 0.291. The molecule has 7 heavy (non-hydrogen) atoms. The second kappa shape index (κ2) is 3.76. The molecule has 0 unspecified atom stereocenters. The van der Waals surface area contributed by atoms with Gasteiger partial charge in [-0.15, -0.1) is 0 Å². The van der Waals surface area contributed by atoms with Crippen molar-refractivity contribution in [3.63, 3.8) is 0 Å². The van der Waals surface area contributed by atoms with Crippen LogP contribution in [-0.4, -0.2) is 13.8 Å². The van der Waals surface area contributed by atoms with E-state index in [0.717, 1.165) is 0 Å². The molecule has 1 nitrogen and oxygen atoms in total. The van der Waals surface area contributed by atoms with Crippen molar-refractivity contribution in [2.75, 3.05) is 0 Å². The Kier molecular flexibility index (Phi) is 4.19. The van der Waals surface area contributed by atoms with Gasteiger partial charge in [0, 0.05) is 0 Å². The Labute approximate surface area is 70.3 Å². The predicted molar refractivity (Wildman–Crippen MR) is 25.8 cm³/mol. The van der Waals surface area contributed by atoms with Crippen LogP contribution in [0, 0.1) is 0 Å². The van der Waals surface area contributed by atoms with Crippen molar-refractivity contribution >= 4 is 13.8 Å². The first-order chi connectivity index (χ1) is 2.89. The summed E-state index contributed by atoms with van der Waals surface area (Å²) in [6.45, 7) is 0. The van der Waals surface area contributed by atoms with Crippen LogP contribution in [0.4, 0.5) is 0 Å². The van der Waals surface area contributed by atoms with Gasteiger partial charge in [0.05, 0.1) is 0 Å². The second-order valence-electron chi connectivity index (χ2n) is 0.986. The van der Waals surface area contributed by atoms with Crippen LogP contribution in [0.3, 0.4) is 0 Å². The number of hydrogen-bond donors (Lipinski definition) is 0. The van der Waals surface area contributed by atoms with E-state index in [-0.39, 0.29) is 31.0 Å². The molecule has 0 amide bonds. The first kappa shape index (κ1) is 7.80. The molecule has 0 saturated carbocycles. The van der Waals surface area contributed by atoms with E-state index >= 15 is 0 Å². The van der Waals surface area contributed by atoms with Gasteiger partial charge in [0.25, 0.3) is 0 Å². The Balaban J connectivity index is 0. The predicted octanol–water partition coefficient (Wildman–Crippen LogP) is -2.27. The number of allylic oxidation sites excluding steroid dienone is 2. The summed E-state index contributed by atoms with van der Waals surface area (Å²) in [7, 11) is 0. The molecular formula is C4H5NaOSe. The normalized spacial score (nSPS) is 17.1. The van der Waals surface area contributed by atoms with Crippen molar-refractivity contribution in [2.45, 2.75) is 0 Å². The molecule has 0 aromatic rings. The van der Waals surface area contributed by atoms with Gasteiger partial charge >= 0.3 is 69.3 Å². The molecule has 0 aromatic carbocycles. The summed E-state index contributed by atoms with van der Waals surface area (Å²) >= 11 is -1.55. The average Bonchev–Trinajstić information content (AvgIpc) is 1.86. The Morgan fingerprint density at radius 2 is 1.71 bits per heavy atom. The molecule has 1 aliphatic heterocycles. The Hall–Kier alpha value is 0.799. The summed E-state index contributed by atoms with van der Waals surface area (Å²) in [6.07, 6.45) is 3.63. The third-order valence-electron chi connectivity index (χ3n) is 0.536. The summed E-state index contributed by atoms with van der Waals surface area (Å²) in [5.74, 6) is 0. The van der Waals surface area contributed by atoms with Crippen LogP contribution in [0.15, 0.2) is 22.1 Å². The molecule has 0 aliphatic carbocycles. The van der Waals surface area contributed by atoms with Crippen LogP contribution in [0.2, 0.25) is 0 Å². The van der Waals surface area contributed by atoms with Gasteiger partial charge in [0.15, 0.2) is 0 Å². The first-order valence-corrected chi connectivity index (χ1v) is 4.32. The van der Waals surface area contributed by atoms with Crippen molar-refractivity contribution in [2.24, 2.45) is 0 Å². The fraction of sp³-hybridized carbons (Fsp3) is 0. The van der Waals surface area contributed by atoms with Crippen molar-refractivity contribution < 1.29 is 34.8 Å². The zero-order chi connectivity index (χ0) is 4.41. The van der Waals surface area contributed by atoms with Gasteiger partial charge in [-0.25, -0.2) is 0 Å². The van der Waals surface area contributed by atoms with Crippen molar-refractivity contribution in [1.29, 1.82) is 0 Å². The van der Waals surface area contributed by atoms with Crippen molar-refractivity contribution in [3.8, 4) is 0 Å². The SMILES string of the molecule is O=[Se]1C=CC=C1.[H-].[Na+]. The van der Waals surface area contributed by atoms with Crippen LogP contribution in [0.25, 0.3) is 0 Å². The molecule has 0 N–H and O–H groups in total. The number of rotatable bonds is 0. The maximum Gasteiger partial charge on any atom is 1.00 e. The van der Waals surface area contributed by atoms with Crippen molar-refractivity contribution in [3.05, 3.63) is 22.1 Å². The van der Waals surface area contributed by atoms with Gasteiger partial charge in [0.2, 0.25) is 0 Å². The zero-order valence-electron chi connectivity index (χ0n) is 5.13. The van der Waals surface area contributed by atoms with E-state index in [1.54, 1.807) is 9.95 Å². The van der Waals surface area contributed by atoms with E-state index in [1.165, 1.54) is 0 Å². The van der Waals surface area contributed by atoms with Crippen LogP contribution in [-0.2, 0) is 3.83 Å². The Morgan fingerprint density at radius 3 is 1.86 bits per heavy atom. The minimum Gasteiger partial charge on any atom is -1.00 e. The molecule has 34 valence electrons. The molecule has 1 heterocycles. The van der Waals surface area contributed by atoms with Gasteiger partial charge in [0.1, 0.15) is 0 Å². The van der Waals surface area contributed by atoms with Crippen molar-refractivity contribution in [1.82, 2.24) is 0 Å². The Morgan fingerprint density at radius 1 is 1.29 bits per heavy atom. The maximum absolute atomic E-state index is 10.3. The summed E-state index contributed by atoms with van der Waals surface area (Å²) in [5, 5.41) is 0. The van der Waals surface area contributed by atoms with Crippen LogP contribution in [0.1, 0.15) is 1.43 Å². The topological polar surface area (TPSA) is 17.1 Å². The number of hydrogen-bond acceptors (Lipinski definition) is 1. The third-order valence-corrected chi connectivity index (χ3v) is 2.32.